The maximum absolute atomic E-state index is 13.3. The van der Waals surface area contributed by atoms with Crippen LogP contribution in [0.3, 0.4) is 0 Å². The summed E-state index contributed by atoms with van der Waals surface area (Å²) in [6, 6.07) is 22.0. The van der Waals surface area contributed by atoms with E-state index >= 15 is 0 Å². The maximum Gasteiger partial charge on any atom is 0.193 e. The average molecular weight is 339 g/mol. The number of fused-ring (bicyclic) bond motifs is 1. The van der Waals surface area contributed by atoms with Gasteiger partial charge in [-0.2, -0.15) is 0 Å². The fourth-order valence-corrected chi connectivity index (χ4v) is 3.58. The second-order valence-electron chi connectivity index (χ2n) is 6.80. The van der Waals surface area contributed by atoms with Crippen molar-refractivity contribution in [3.8, 4) is 0 Å². The summed E-state index contributed by atoms with van der Waals surface area (Å²) in [5, 5.41) is 2.25. The normalized spacial score (nSPS) is 13.5. The molecule has 0 saturated carbocycles. The van der Waals surface area contributed by atoms with Crippen molar-refractivity contribution in [2.75, 3.05) is 14.1 Å². The van der Waals surface area contributed by atoms with Crippen molar-refractivity contribution < 1.29 is 4.79 Å². The fourth-order valence-electron chi connectivity index (χ4n) is 3.58. The van der Waals surface area contributed by atoms with E-state index < -0.39 is 0 Å². The zero-order chi connectivity index (χ0) is 18.1. The molecule has 0 unspecified atom stereocenters. The van der Waals surface area contributed by atoms with Crippen LogP contribution in [0.25, 0.3) is 16.3 Å². The Morgan fingerprint density at radius 2 is 1.54 bits per heavy atom. The first-order valence-corrected chi connectivity index (χ1v) is 8.85. The SMILES string of the molecule is CN(C)C1=C(c2cc3ccccc3cc2C(=O)c2ccccc2)CC=C1. The molecule has 1 aliphatic carbocycles. The van der Waals surface area contributed by atoms with E-state index in [1.807, 2.05) is 62.6 Å². The summed E-state index contributed by atoms with van der Waals surface area (Å²) in [6.45, 7) is 0. The molecule has 3 aromatic carbocycles. The minimum absolute atomic E-state index is 0.0730. The first-order valence-electron chi connectivity index (χ1n) is 8.85. The molecule has 0 atom stereocenters. The third-order valence-corrected chi connectivity index (χ3v) is 4.88. The summed E-state index contributed by atoms with van der Waals surface area (Å²) in [5.74, 6) is 0.0730. The van der Waals surface area contributed by atoms with Crippen molar-refractivity contribution >= 4 is 22.1 Å². The van der Waals surface area contributed by atoms with Crippen LogP contribution in [0.5, 0.6) is 0 Å². The summed E-state index contributed by atoms with van der Waals surface area (Å²) in [4.78, 5) is 15.4. The molecule has 3 aromatic rings. The van der Waals surface area contributed by atoms with Gasteiger partial charge in [0.1, 0.15) is 0 Å². The number of allylic oxidation sites excluding steroid dienone is 3. The molecule has 2 heteroatoms. The Morgan fingerprint density at radius 1 is 0.885 bits per heavy atom. The van der Waals surface area contributed by atoms with Gasteiger partial charge >= 0.3 is 0 Å². The number of hydrogen-bond acceptors (Lipinski definition) is 2. The first-order chi connectivity index (χ1) is 12.6. The van der Waals surface area contributed by atoms with Gasteiger partial charge in [-0.3, -0.25) is 4.79 Å². The summed E-state index contributed by atoms with van der Waals surface area (Å²) in [5.41, 5.74) is 4.91. The van der Waals surface area contributed by atoms with Crippen LogP contribution in [0.4, 0.5) is 0 Å². The van der Waals surface area contributed by atoms with E-state index in [0.717, 1.165) is 33.9 Å². The lowest BCUT2D eigenvalue weighted by molar-refractivity contribution is 0.103. The molecule has 1 aliphatic rings. The van der Waals surface area contributed by atoms with Gasteiger partial charge in [-0.1, -0.05) is 60.7 Å². The Hall–Kier alpha value is -3.13. The Bertz CT molecular complexity index is 1040. The Labute approximate surface area is 154 Å². The zero-order valence-corrected chi connectivity index (χ0v) is 15.1. The van der Waals surface area contributed by atoms with Crippen LogP contribution in [0.1, 0.15) is 27.9 Å². The molecule has 0 radical (unpaired) electrons. The second-order valence-corrected chi connectivity index (χ2v) is 6.80. The van der Waals surface area contributed by atoms with Crippen molar-refractivity contribution in [2.45, 2.75) is 6.42 Å². The zero-order valence-electron chi connectivity index (χ0n) is 15.1. The monoisotopic (exact) mass is 339 g/mol. The molecule has 0 fully saturated rings. The molecule has 0 spiro atoms. The van der Waals surface area contributed by atoms with E-state index in [-0.39, 0.29) is 5.78 Å². The molecular weight excluding hydrogens is 318 g/mol. The predicted octanol–water partition coefficient (Wildman–Crippen LogP) is 5.30. The van der Waals surface area contributed by atoms with Gasteiger partial charge < -0.3 is 4.90 Å². The van der Waals surface area contributed by atoms with Crippen molar-refractivity contribution in [3.63, 3.8) is 0 Å². The van der Waals surface area contributed by atoms with Gasteiger partial charge in [-0.25, -0.2) is 0 Å². The van der Waals surface area contributed by atoms with Gasteiger partial charge in [0.25, 0.3) is 0 Å². The van der Waals surface area contributed by atoms with Crippen LogP contribution in [-0.2, 0) is 0 Å². The number of carbonyl (C=O) groups excluding carboxylic acids is 1. The summed E-state index contributed by atoms with van der Waals surface area (Å²) in [7, 11) is 4.09. The topological polar surface area (TPSA) is 20.3 Å². The van der Waals surface area contributed by atoms with Gasteiger partial charge in [-0.15, -0.1) is 0 Å². The van der Waals surface area contributed by atoms with Crippen LogP contribution < -0.4 is 0 Å². The molecule has 0 heterocycles. The number of nitrogens with zero attached hydrogens (tertiary/aromatic N) is 1. The molecule has 26 heavy (non-hydrogen) atoms. The molecule has 4 rings (SSSR count). The van der Waals surface area contributed by atoms with Crippen molar-refractivity contribution in [3.05, 3.63) is 101 Å². The van der Waals surface area contributed by atoms with E-state index in [0.29, 0.717) is 0 Å². The third kappa shape index (κ3) is 2.84. The summed E-state index contributed by atoms with van der Waals surface area (Å²) >= 11 is 0. The molecular formula is C24H21NO. The van der Waals surface area contributed by atoms with Gasteiger partial charge in [0.05, 0.1) is 0 Å². The lowest BCUT2D eigenvalue weighted by Gasteiger charge is -2.18. The van der Waals surface area contributed by atoms with Crippen molar-refractivity contribution in [1.82, 2.24) is 4.90 Å². The number of carbonyl (C=O) groups is 1. The Balaban J connectivity index is 1.96. The molecule has 0 aliphatic heterocycles. The number of hydrogen-bond donors (Lipinski definition) is 0. The van der Waals surface area contributed by atoms with Crippen LogP contribution in [0.2, 0.25) is 0 Å². The van der Waals surface area contributed by atoms with Crippen LogP contribution in [0, 0.1) is 0 Å². The standard InChI is InChI=1S/C24H21NO/c1-25(2)23-14-8-13-20(23)21-15-18-11-6-7-12-19(18)16-22(21)24(26)17-9-4-3-5-10-17/h3-12,14-16H,13H2,1-2H3. The predicted molar refractivity (Wildman–Crippen MR) is 108 cm³/mol. The lowest BCUT2D eigenvalue weighted by atomic mass is 9.90. The Kier molecular flexibility index (Phi) is 4.18. The quantitative estimate of drug-likeness (QED) is 0.601. The maximum atomic E-state index is 13.3. The smallest absolute Gasteiger partial charge is 0.193 e. The fraction of sp³-hybridized carbons (Fsp3) is 0.125. The van der Waals surface area contributed by atoms with E-state index in [1.165, 1.54) is 11.3 Å². The highest BCUT2D eigenvalue weighted by Gasteiger charge is 2.21. The van der Waals surface area contributed by atoms with E-state index in [9.17, 15) is 4.79 Å². The number of likely N-dealkylation sites (N-methyl/N-ethyl adjacent to an activating group) is 1. The van der Waals surface area contributed by atoms with Gasteiger partial charge in [0.2, 0.25) is 0 Å². The minimum Gasteiger partial charge on any atom is -0.377 e. The molecule has 0 N–H and O–H groups in total. The lowest BCUT2D eigenvalue weighted by Crippen LogP contribution is -2.11. The molecule has 0 saturated heterocycles. The highest BCUT2D eigenvalue weighted by Crippen LogP contribution is 2.35. The van der Waals surface area contributed by atoms with Gasteiger partial charge in [0, 0.05) is 30.9 Å². The molecule has 0 bridgehead atoms. The first kappa shape index (κ1) is 16.3. The van der Waals surface area contributed by atoms with Crippen LogP contribution in [0.15, 0.2) is 84.6 Å². The second kappa shape index (κ2) is 6.64. The van der Waals surface area contributed by atoms with E-state index in [2.05, 4.69) is 35.3 Å². The number of ketones is 1. The molecule has 0 amide bonds. The highest BCUT2D eigenvalue weighted by molar-refractivity contribution is 6.14. The van der Waals surface area contributed by atoms with Crippen LogP contribution in [-0.4, -0.2) is 24.8 Å². The van der Waals surface area contributed by atoms with E-state index in [1.54, 1.807) is 0 Å². The van der Waals surface area contributed by atoms with Gasteiger partial charge in [0.15, 0.2) is 5.78 Å². The summed E-state index contributed by atoms with van der Waals surface area (Å²) < 4.78 is 0. The van der Waals surface area contributed by atoms with Crippen molar-refractivity contribution in [1.29, 1.82) is 0 Å². The number of rotatable bonds is 4. The Morgan fingerprint density at radius 3 is 2.23 bits per heavy atom. The third-order valence-electron chi connectivity index (χ3n) is 4.88. The van der Waals surface area contributed by atoms with E-state index in [4.69, 9.17) is 0 Å². The molecule has 0 aromatic heterocycles. The van der Waals surface area contributed by atoms with Crippen molar-refractivity contribution in [2.24, 2.45) is 0 Å². The minimum atomic E-state index is 0.0730. The highest BCUT2D eigenvalue weighted by atomic mass is 16.1. The number of benzene rings is 3. The average Bonchev–Trinajstić information content (AvgIpc) is 3.17. The molecule has 128 valence electrons. The largest absolute Gasteiger partial charge is 0.377 e. The summed E-state index contributed by atoms with van der Waals surface area (Å²) in [6.07, 6.45) is 5.15. The van der Waals surface area contributed by atoms with Crippen LogP contribution >= 0.6 is 0 Å². The van der Waals surface area contributed by atoms with Gasteiger partial charge in [-0.05, 0) is 46.5 Å². The molecule has 2 nitrogen and oxygen atoms in total.